The number of carboxylic acids is 1. The highest BCUT2D eigenvalue weighted by Crippen LogP contribution is 2.22. The van der Waals surface area contributed by atoms with Crippen molar-refractivity contribution in [2.45, 2.75) is 13.0 Å². The topological polar surface area (TPSA) is 85.0 Å². The molecule has 0 fully saturated rings. The van der Waals surface area contributed by atoms with Gasteiger partial charge < -0.3 is 20.2 Å². The summed E-state index contributed by atoms with van der Waals surface area (Å²) in [5.41, 5.74) is 1.69. The number of H-pyrrole nitrogens is 1. The summed E-state index contributed by atoms with van der Waals surface area (Å²) < 4.78 is 12.9. The number of benzene rings is 2. The number of rotatable bonds is 5. The Morgan fingerprint density at radius 2 is 1.79 bits per heavy atom. The van der Waals surface area contributed by atoms with E-state index in [2.05, 4.69) is 10.3 Å². The van der Waals surface area contributed by atoms with Crippen LogP contribution in [0.15, 0.2) is 48.5 Å². The Kier molecular flexibility index (Phi) is 4.29. The summed E-state index contributed by atoms with van der Waals surface area (Å²) in [6.07, 6.45) is -0.0888. The highest BCUT2D eigenvalue weighted by molar-refractivity contribution is 5.99. The van der Waals surface area contributed by atoms with Gasteiger partial charge in [-0.05, 0) is 29.3 Å². The van der Waals surface area contributed by atoms with E-state index in [1.165, 1.54) is 12.1 Å². The Labute approximate surface area is 137 Å². The molecule has 0 aliphatic carbocycles. The van der Waals surface area contributed by atoms with Gasteiger partial charge in [0.25, 0.3) is 0 Å². The van der Waals surface area contributed by atoms with Crippen molar-refractivity contribution in [2.24, 2.45) is 0 Å². The van der Waals surface area contributed by atoms with Crippen LogP contribution in [0.3, 0.4) is 0 Å². The first-order valence-corrected chi connectivity index (χ1v) is 7.36. The molecule has 6 heteroatoms. The summed E-state index contributed by atoms with van der Waals surface area (Å²) in [4.78, 5) is 26.2. The van der Waals surface area contributed by atoms with Gasteiger partial charge in [0.2, 0.25) is 5.91 Å². The Morgan fingerprint density at radius 1 is 1.08 bits per heavy atom. The highest BCUT2D eigenvalue weighted by Gasteiger charge is 2.15. The summed E-state index contributed by atoms with van der Waals surface area (Å²) in [5.74, 6) is -2.03. The number of hydrogen-bond acceptors (Lipinski definition) is 3. The van der Waals surface area contributed by atoms with E-state index in [1.54, 1.807) is 36.4 Å². The molecule has 0 unspecified atom stereocenters. The molecule has 0 aliphatic rings. The first kappa shape index (κ1) is 15.7. The van der Waals surface area contributed by atoms with Crippen LogP contribution in [0.5, 0.6) is 0 Å². The Morgan fingerprint density at radius 3 is 2.50 bits per heavy atom. The maximum absolute atomic E-state index is 12.9. The quantitative estimate of drug-likeness (QED) is 0.746. The zero-order chi connectivity index (χ0) is 17.1. The number of para-hydroxylation sites is 1. The minimum absolute atomic E-state index is 0.0888. The highest BCUT2D eigenvalue weighted by atomic mass is 19.1. The van der Waals surface area contributed by atoms with Crippen LogP contribution in [0.4, 0.5) is 4.39 Å². The summed E-state index contributed by atoms with van der Waals surface area (Å²) in [6, 6.07) is 12.8. The molecule has 0 spiro atoms. The minimum Gasteiger partial charge on any atom is -0.543 e. The van der Waals surface area contributed by atoms with Gasteiger partial charge in [0.15, 0.2) is 0 Å². The Hall–Kier alpha value is -3.15. The smallest absolute Gasteiger partial charge is 0.224 e. The van der Waals surface area contributed by atoms with Crippen molar-refractivity contribution in [1.29, 1.82) is 0 Å². The van der Waals surface area contributed by atoms with Gasteiger partial charge in [-0.3, -0.25) is 4.79 Å². The van der Waals surface area contributed by atoms with Gasteiger partial charge in [0.05, 0.1) is 18.1 Å². The Balaban J connectivity index is 1.76. The number of carbonyl (C=O) groups excluding carboxylic acids is 2. The molecule has 2 N–H and O–H groups in total. The molecule has 5 nitrogen and oxygen atoms in total. The second-order valence-electron chi connectivity index (χ2n) is 5.39. The second kappa shape index (κ2) is 6.54. The predicted molar refractivity (Wildman–Crippen MR) is 84.6 cm³/mol. The molecule has 1 heterocycles. The molecule has 122 valence electrons. The molecule has 0 saturated heterocycles. The van der Waals surface area contributed by atoms with Gasteiger partial charge in [-0.2, -0.15) is 0 Å². The number of fused-ring (bicyclic) bond motifs is 1. The number of aromatic amines is 1. The molecule has 24 heavy (non-hydrogen) atoms. The minimum atomic E-state index is -1.35. The summed E-state index contributed by atoms with van der Waals surface area (Å²) in [6.45, 7) is 0.238. The average Bonchev–Trinajstić information content (AvgIpc) is 2.93. The van der Waals surface area contributed by atoms with Crippen LogP contribution >= 0.6 is 0 Å². The fourth-order valence-electron chi connectivity index (χ4n) is 2.58. The fourth-order valence-corrected chi connectivity index (χ4v) is 2.58. The van der Waals surface area contributed by atoms with Crippen LogP contribution in [0, 0.1) is 5.82 Å². The van der Waals surface area contributed by atoms with Crippen molar-refractivity contribution >= 4 is 22.8 Å². The molecular formula is C18H14FN2O3-. The van der Waals surface area contributed by atoms with Crippen LogP contribution in [0.1, 0.15) is 21.6 Å². The molecule has 3 aromatic rings. The van der Waals surface area contributed by atoms with E-state index >= 15 is 0 Å². The van der Waals surface area contributed by atoms with Gasteiger partial charge >= 0.3 is 0 Å². The summed E-state index contributed by atoms with van der Waals surface area (Å²) in [5, 5.41) is 14.6. The van der Waals surface area contributed by atoms with Gasteiger partial charge in [0, 0.05) is 17.4 Å². The molecule has 2 aromatic carbocycles. The van der Waals surface area contributed by atoms with E-state index in [1.807, 2.05) is 0 Å². The molecular weight excluding hydrogens is 311 g/mol. The fraction of sp³-hybridized carbons (Fsp3) is 0.111. The number of halogens is 1. The van der Waals surface area contributed by atoms with Crippen molar-refractivity contribution in [1.82, 2.24) is 10.3 Å². The van der Waals surface area contributed by atoms with Crippen LogP contribution in [0.25, 0.3) is 10.9 Å². The van der Waals surface area contributed by atoms with Crippen LogP contribution in [-0.2, 0) is 17.8 Å². The van der Waals surface area contributed by atoms with E-state index in [9.17, 15) is 19.1 Å². The predicted octanol–water partition coefficient (Wildman–Crippen LogP) is 1.53. The summed E-state index contributed by atoms with van der Waals surface area (Å²) in [7, 11) is 0. The van der Waals surface area contributed by atoms with Crippen molar-refractivity contribution < 1.29 is 19.1 Å². The maximum atomic E-state index is 12.9. The second-order valence-corrected chi connectivity index (χ2v) is 5.39. The zero-order valence-electron chi connectivity index (χ0n) is 12.6. The number of amides is 1. The third kappa shape index (κ3) is 3.27. The molecule has 3 rings (SSSR count). The molecule has 0 aliphatic heterocycles. The van der Waals surface area contributed by atoms with E-state index in [0.29, 0.717) is 16.5 Å². The lowest BCUT2D eigenvalue weighted by atomic mass is 10.1. The normalized spacial score (nSPS) is 10.7. The number of nitrogens with one attached hydrogen (secondary N) is 2. The Bertz CT molecular complexity index is 900. The van der Waals surface area contributed by atoms with Crippen molar-refractivity contribution in [3.63, 3.8) is 0 Å². The first-order valence-electron chi connectivity index (χ1n) is 7.36. The zero-order valence-corrected chi connectivity index (χ0v) is 12.6. The molecule has 1 aromatic heterocycles. The van der Waals surface area contributed by atoms with Gasteiger partial charge in [-0.15, -0.1) is 0 Å². The molecule has 0 atom stereocenters. The van der Waals surface area contributed by atoms with Crippen molar-refractivity contribution in [2.75, 3.05) is 0 Å². The van der Waals surface area contributed by atoms with E-state index < -0.39 is 5.97 Å². The largest absolute Gasteiger partial charge is 0.543 e. The van der Waals surface area contributed by atoms with E-state index in [-0.39, 0.29) is 30.4 Å². The van der Waals surface area contributed by atoms with Crippen molar-refractivity contribution in [3.8, 4) is 0 Å². The first-order chi connectivity index (χ1) is 11.5. The SMILES string of the molecule is O=C(Cc1c(C(=O)[O-])[nH]c2ccccc12)NCc1ccc(F)cc1. The van der Waals surface area contributed by atoms with Crippen LogP contribution in [0.2, 0.25) is 0 Å². The number of aromatic carboxylic acids is 1. The van der Waals surface area contributed by atoms with E-state index in [4.69, 9.17) is 0 Å². The van der Waals surface area contributed by atoms with Gasteiger partial charge in [-0.25, -0.2) is 4.39 Å². The molecule has 0 radical (unpaired) electrons. The lowest BCUT2D eigenvalue weighted by Crippen LogP contribution is -2.28. The lowest BCUT2D eigenvalue weighted by molar-refractivity contribution is -0.255. The number of carboxylic acid groups (broad SMARTS) is 1. The number of hydrogen-bond donors (Lipinski definition) is 2. The molecule has 0 bridgehead atoms. The average molecular weight is 325 g/mol. The number of aromatic nitrogens is 1. The lowest BCUT2D eigenvalue weighted by Gasteiger charge is -2.08. The number of carbonyl (C=O) groups is 2. The van der Waals surface area contributed by atoms with Crippen molar-refractivity contribution in [3.05, 3.63) is 71.2 Å². The maximum Gasteiger partial charge on any atom is 0.224 e. The third-order valence-electron chi connectivity index (χ3n) is 3.76. The third-order valence-corrected chi connectivity index (χ3v) is 3.76. The summed E-state index contributed by atoms with van der Waals surface area (Å²) >= 11 is 0. The standard InChI is InChI=1S/C18H15FN2O3/c19-12-7-5-11(6-8-12)10-20-16(22)9-14-13-3-1-2-4-15(13)21-17(14)18(23)24/h1-8,21H,9-10H2,(H,20,22)(H,23,24)/p-1. The molecule has 1 amide bonds. The monoisotopic (exact) mass is 325 g/mol. The van der Waals surface area contributed by atoms with Gasteiger partial charge in [-0.1, -0.05) is 30.3 Å². The van der Waals surface area contributed by atoms with Crippen LogP contribution in [-0.4, -0.2) is 16.9 Å². The molecule has 0 saturated carbocycles. The van der Waals surface area contributed by atoms with Crippen LogP contribution < -0.4 is 10.4 Å². The van der Waals surface area contributed by atoms with E-state index in [0.717, 1.165) is 5.56 Å². The van der Waals surface area contributed by atoms with Gasteiger partial charge in [0.1, 0.15) is 5.82 Å².